The molecule has 0 aliphatic rings. The number of imidazole rings is 1. The summed E-state index contributed by atoms with van der Waals surface area (Å²) in [7, 11) is -3.82. The maximum atomic E-state index is 11.7. The van der Waals surface area contributed by atoms with E-state index in [9.17, 15) is 8.42 Å². The van der Waals surface area contributed by atoms with Gasteiger partial charge >= 0.3 is 10.3 Å². The van der Waals surface area contributed by atoms with Crippen molar-refractivity contribution in [3.63, 3.8) is 0 Å². The van der Waals surface area contributed by atoms with E-state index in [2.05, 4.69) is 11.6 Å². The highest BCUT2D eigenvalue weighted by molar-refractivity contribution is 7.85. The second-order valence-electron chi connectivity index (χ2n) is 3.06. The fraction of sp³-hybridized carbons (Fsp3) is 0.100. The Bertz CT molecular complexity index is 616. The highest BCUT2D eigenvalue weighted by Gasteiger charge is 2.16. The lowest BCUT2D eigenvalue weighted by Gasteiger charge is -2.04. The topological polar surface area (TPSA) is 61.2 Å². The fourth-order valence-corrected chi connectivity index (χ4v) is 2.25. The number of hydrogen-bond donors (Lipinski definition) is 0. The third-order valence-corrected chi connectivity index (χ3v) is 3.20. The second kappa shape index (κ2) is 4.07. The van der Waals surface area contributed by atoms with Gasteiger partial charge in [0.25, 0.3) is 0 Å². The van der Waals surface area contributed by atoms with Crippen molar-refractivity contribution in [3.05, 3.63) is 43.2 Å². The number of para-hydroxylation sites is 2. The fourth-order valence-electron chi connectivity index (χ4n) is 1.31. The summed E-state index contributed by atoms with van der Waals surface area (Å²) in [6, 6.07) is 6.92. The molecule has 1 aromatic carbocycles. The van der Waals surface area contributed by atoms with Crippen LogP contribution in [-0.4, -0.2) is 24.0 Å². The number of nitrogens with zero attached hydrogens (tertiary/aromatic N) is 2. The molecule has 1 aromatic heterocycles. The van der Waals surface area contributed by atoms with Gasteiger partial charge in [-0.3, -0.25) is 0 Å². The van der Waals surface area contributed by atoms with E-state index in [-0.39, 0.29) is 6.61 Å². The first kappa shape index (κ1) is 10.8. The highest BCUT2D eigenvalue weighted by Crippen LogP contribution is 2.14. The Balaban J connectivity index is 2.51. The predicted molar refractivity (Wildman–Crippen MR) is 60.2 cm³/mol. The summed E-state index contributed by atoms with van der Waals surface area (Å²) in [6.45, 7) is 3.33. The van der Waals surface area contributed by atoms with Crippen LogP contribution in [0.4, 0.5) is 0 Å². The third kappa shape index (κ3) is 1.84. The van der Waals surface area contributed by atoms with Crippen molar-refractivity contribution in [2.75, 3.05) is 6.61 Å². The number of hydrogen-bond acceptors (Lipinski definition) is 4. The molecule has 6 heteroatoms. The van der Waals surface area contributed by atoms with Crippen LogP contribution in [0.15, 0.2) is 43.2 Å². The van der Waals surface area contributed by atoms with Crippen LogP contribution in [0.25, 0.3) is 11.0 Å². The lowest BCUT2D eigenvalue weighted by molar-refractivity contribution is 0.351. The average molecular weight is 238 g/mol. The zero-order valence-corrected chi connectivity index (χ0v) is 9.22. The molecule has 0 amide bonds. The van der Waals surface area contributed by atoms with Gasteiger partial charge < -0.3 is 0 Å². The lowest BCUT2D eigenvalue weighted by Crippen LogP contribution is -2.15. The smallest absolute Gasteiger partial charge is 0.249 e. The largest absolute Gasteiger partial charge is 0.368 e. The summed E-state index contributed by atoms with van der Waals surface area (Å²) in [4.78, 5) is 3.97. The second-order valence-corrected chi connectivity index (χ2v) is 4.54. The molecule has 1 heterocycles. The zero-order chi connectivity index (χ0) is 11.6. The van der Waals surface area contributed by atoms with Gasteiger partial charge in [0.1, 0.15) is 6.33 Å². The molecule has 0 saturated carbocycles. The quantitative estimate of drug-likeness (QED) is 0.754. The molecule has 0 aliphatic carbocycles. The van der Waals surface area contributed by atoms with E-state index in [1.807, 2.05) is 0 Å². The summed E-state index contributed by atoms with van der Waals surface area (Å²) in [5, 5.41) is 0. The zero-order valence-electron chi connectivity index (χ0n) is 8.41. The van der Waals surface area contributed by atoms with Crippen LogP contribution >= 0.6 is 0 Å². The molecule has 0 atom stereocenters. The van der Waals surface area contributed by atoms with Gasteiger partial charge in [-0.05, 0) is 12.1 Å². The van der Waals surface area contributed by atoms with Gasteiger partial charge in [-0.2, -0.15) is 8.42 Å². The summed E-state index contributed by atoms with van der Waals surface area (Å²) in [5.74, 6) is 0. The maximum absolute atomic E-state index is 11.7. The molecule has 0 saturated heterocycles. The summed E-state index contributed by atoms with van der Waals surface area (Å²) < 4.78 is 29.2. The number of aromatic nitrogens is 2. The number of fused-ring (bicyclic) bond motifs is 1. The van der Waals surface area contributed by atoms with Gasteiger partial charge in [-0.15, -0.1) is 6.58 Å². The van der Waals surface area contributed by atoms with Gasteiger partial charge in [-0.25, -0.2) is 13.1 Å². The normalized spacial score (nSPS) is 11.8. The Morgan fingerprint density at radius 3 is 2.94 bits per heavy atom. The van der Waals surface area contributed by atoms with Crippen molar-refractivity contribution in [1.29, 1.82) is 0 Å². The van der Waals surface area contributed by atoms with Crippen LogP contribution in [0, 0.1) is 0 Å². The van der Waals surface area contributed by atoms with Gasteiger partial charge in [0.05, 0.1) is 17.6 Å². The molecule has 0 aliphatic heterocycles. The van der Waals surface area contributed by atoms with Crippen LogP contribution in [0.3, 0.4) is 0 Å². The molecule has 0 spiro atoms. The van der Waals surface area contributed by atoms with E-state index in [0.29, 0.717) is 11.0 Å². The van der Waals surface area contributed by atoms with E-state index in [4.69, 9.17) is 4.18 Å². The highest BCUT2D eigenvalue weighted by atomic mass is 32.2. The summed E-state index contributed by atoms with van der Waals surface area (Å²) >= 11 is 0. The minimum Gasteiger partial charge on any atom is -0.249 e. The van der Waals surface area contributed by atoms with Gasteiger partial charge in [0.2, 0.25) is 0 Å². The van der Waals surface area contributed by atoms with Crippen LogP contribution in [-0.2, 0) is 14.5 Å². The monoisotopic (exact) mass is 238 g/mol. The molecule has 2 aromatic rings. The van der Waals surface area contributed by atoms with Crippen molar-refractivity contribution in [2.45, 2.75) is 0 Å². The van der Waals surface area contributed by atoms with E-state index >= 15 is 0 Å². The Labute approximate surface area is 93.2 Å². The Hall–Kier alpha value is -1.66. The van der Waals surface area contributed by atoms with Gasteiger partial charge in [0, 0.05) is 0 Å². The standard InChI is InChI=1S/C10H10N2O3S/c1-2-7-15-16(13,14)12-8-11-9-5-3-4-6-10(9)12/h2-6,8H,1,7H2. The Kier molecular flexibility index (Phi) is 2.76. The first-order chi connectivity index (χ1) is 7.65. The molecule has 0 fully saturated rings. The lowest BCUT2D eigenvalue weighted by atomic mass is 10.3. The van der Waals surface area contributed by atoms with E-state index in [1.165, 1.54) is 12.4 Å². The van der Waals surface area contributed by atoms with Crippen LogP contribution < -0.4 is 0 Å². The van der Waals surface area contributed by atoms with Gasteiger partial charge in [-0.1, -0.05) is 18.2 Å². The molecule has 0 unspecified atom stereocenters. The van der Waals surface area contributed by atoms with Crippen molar-refractivity contribution in [3.8, 4) is 0 Å². The summed E-state index contributed by atoms with van der Waals surface area (Å²) in [5.41, 5.74) is 1.10. The first-order valence-electron chi connectivity index (χ1n) is 4.58. The van der Waals surface area contributed by atoms with Crippen molar-refractivity contribution >= 4 is 21.3 Å². The SMILES string of the molecule is C=CCOS(=O)(=O)n1cnc2ccccc21. The molecule has 0 radical (unpaired) electrons. The van der Waals surface area contributed by atoms with Gasteiger partial charge in [0.15, 0.2) is 0 Å². The first-order valence-corrected chi connectivity index (χ1v) is 5.94. The molecular weight excluding hydrogens is 228 g/mol. The van der Waals surface area contributed by atoms with Crippen LogP contribution in [0.2, 0.25) is 0 Å². The molecule has 0 bridgehead atoms. The third-order valence-electron chi connectivity index (χ3n) is 2.00. The van der Waals surface area contributed by atoms with E-state index in [0.717, 1.165) is 3.97 Å². The average Bonchev–Trinajstić information content (AvgIpc) is 2.71. The van der Waals surface area contributed by atoms with E-state index in [1.54, 1.807) is 24.3 Å². The molecule has 16 heavy (non-hydrogen) atoms. The number of rotatable bonds is 4. The predicted octanol–water partition coefficient (Wildman–Crippen LogP) is 1.33. The maximum Gasteiger partial charge on any atom is 0.368 e. The number of benzene rings is 1. The molecular formula is C10H10N2O3S. The molecule has 2 rings (SSSR count). The van der Waals surface area contributed by atoms with Crippen molar-refractivity contribution in [2.24, 2.45) is 0 Å². The molecule has 0 N–H and O–H groups in total. The minimum atomic E-state index is -3.82. The Morgan fingerprint density at radius 1 is 1.44 bits per heavy atom. The van der Waals surface area contributed by atoms with Crippen LogP contribution in [0.5, 0.6) is 0 Å². The summed E-state index contributed by atoms with van der Waals surface area (Å²) in [6.07, 6.45) is 2.60. The van der Waals surface area contributed by atoms with E-state index < -0.39 is 10.3 Å². The van der Waals surface area contributed by atoms with Crippen molar-refractivity contribution < 1.29 is 12.6 Å². The molecule has 84 valence electrons. The Morgan fingerprint density at radius 2 is 2.19 bits per heavy atom. The molecule has 5 nitrogen and oxygen atoms in total. The minimum absolute atomic E-state index is 0.0607. The van der Waals surface area contributed by atoms with Crippen LogP contribution in [0.1, 0.15) is 0 Å². The van der Waals surface area contributed by atoms with Crippen molar-refractivity contribution in [1.82, 2.24) is 8.96 Å².